The summed E-state index contributed by atoms with van der Waals surface area (Å²) in [7, 11) is 3.67. The number of fused-ring (bicyclic) bond motifs is 2. The second kappa shape index (κ2) is 10.5. The highest BCUT2D eigenvalue weighted by Crippen LogP contribution is 2.24. The number of pyridine rings is 1. The molecule has 5 aromatic rings. The Morgan fingerprint density at radius 1 is 1.05 bits per heavy atom. The van der Waals surface area contributed by atoms with Gasteiger partial charge in [-0.3, -0.25) is 4.79 Å². The van der Waals surface area contributed by atoms with E-state index in [0.717, 1.165) is 16.6 Å². The third-order valence-electron chi connectivity index (χ3n) is 7.24. The fourth-order valence-electron chi connectivity index (χ4n) is 5.14. The number of anilines is 2. The average molecular weight is 571 g/mol. The number of hydrogen-bond acceptors (Lipinski definition) is 8. The molecule has 5 heterocycles. The highest BCUT2D eigenvalue weighted by Gasteiger charge is 2.28. The highest BCUT2D eigenvalue weighted by molar-refractivity contribution is 5.84. The fourth-order valence-corrected chi connectivity index (χ4v) is 5.14. The predicted octanol–water partition coefficient (Wildman–Crippen LogP) is 4.53. The van der Waals surface area contributed by atoms with Crippen molar-refractivity contribution in [2.75, 3.05) is 18.4 Å². The van der Waals surface area contributed by atoms with E-state index in [1.807, 2.05) is 64.3 Å². The van der Waals surface area contributed by atoms with E-state index in [-0.39, 0.29) is 17.8 Å². The topological polar surface area (TPSA) is 121 Å². The summed E-state index contributed by atoms with van der Waals surface area (Å²) in [5.41, 5.74) is 1.62. The molecule has 1 N–H and O–H groups in total. The summed E-state index contributed by atoms with van der Waals surface area (Å²) in [5.74, 6) is 1.28. The summed E-state index contributed by atoms with van der Waals surface area (Å²) < 4.78 is 16.9. The molecule has 1 saturated heterocycles. The van der Waals surface area contributed by atoms with E-state index in [4.69, 9.17) is 19.4 Å². The number of piperidine rings is 1. The van der Waals surface area contributed by atoms with Crippen LogP contribution >= 0.6 is 0 Å². The van der Waals surface area contributed by atoms with Crippen molar-refractivity contribution in [3.05, 3.63) is 65.2 Å². The monoisotopic (exact) mass is 570 g/mol. The Morgan fingerprint density at radius 2 is 1.83 bits per heavy atom. The molecule has 6 rings (SSSR count). The Labute approximate surface area is 242 Å². The lowest BCUT2D eigenvalue weighted by Gasteiger charge is -2.33. The van der Waals surface area contributed by atoms with Crippen molar-refractivity contribution in [3.63, 3.8) is 0 Å². The smallest absolute Gasteiger partial charge is 0.410 e. The number of nitrogens with one attached hydrogen (secondary N) is 1. The van der Waals surface area contributed by atoms with Crippen LogP contribution in [0, 0.1) is 0 Å². The number of aromatic nitrogens is 6. The second-order valence-corrected chi connectivity index (χ2v) is 11.5. The maximum absolute atomic E-state index is 13.1. The van der Waals surface area contributed by atoms with Gasteiger partial charge in [0.15, 0.2) is 11.5 Å². The van der Waals surface area contributed by atoms with Crippen LogP contribution in [0.15, 0.2) is 59.7 Å². The summed E-state index contributed by atoms with van der Waals surface area (Å²) in [6, 6.07) is 13.5. The molecule has 0 saturated carbocycles. The predicted molar refractivity (Wildman–Crippen MR) is 160 cm³/mol. The van der Waals surface area contributed by atoms with Crippen LogP contribution in [0.25, 0.3) is 27.8 Å². The molecule has 218 valence electrons. The van der Waals surface area contributed by atoms with Crippen molar-refractivity contribution < 1.29 is 14.3 Å². The minimum Gasteiger partial charge on any atom is -0.474 e. The maximum Gasteiger partial charge on any atom is 0.410 e. The number of amides is 1. The van der Waals surface area contributed by atoms with Crippen molar-refractivity contribution in [2.45, 2.75) is 45.3 Å². The molecule has 4 aromatic heterocycles. The third kappa shape index (κ3) is 5.39. The van der Waals surface area contributed by atoms with Gasteiger partial charge >= 0.3 is 6.09 Å². The molecule has 1 aliphatic rings. The van der Waals surface area contributed by atoms with Gasteiger partial charge in [-0.15, -0.1) is 0 Å². The fraction of sp³-hybridized carbons (Fsp3) is 0.367. The lowest BCUT2D eigenvalue weighted by atomic mass is 10.1. The van der Waals surface area contributed by atoms with Gasteiger partial charge in [-0.2, -0.15) is 9.97 Å². The Morgan fingerprint density at radius 3 is 2.60 bits per heavy atom. The van der Waals surface area contributed by atoms with E-state index in [0.29, 0.717) is 54.6 Å². The van der Waals surface area contributed by atoms with Crippen LogP contribution in [0.3, 0.4) is 0 Å². The zero-order valence-electron chi connectivity index (χ0n) is 24.4. The Balaban J connectivity index is 1.22. The maximum atomic E-state index is 13.1. The quantitative estimate of drug-likeness (QED) is 0.327. The Bertz CT molecular complexity index is 1840. The first-order valence-electron chi connectivity index (χ1n) is 13.9. The number of benzene rings is 1. The van der Waals surface area contributed by atoms with Gasteiger partial charge in [0.05, 0.1) is 0 Å². The molecule has 0 bridgehead atoms. The first-order chi connectivity index (χ1) is 20.1. The molecule has 1 fully saturated rings. The number of carbonyl (C=O) groups is 1. The molecule has 12 heteroatoms. The summed E-state index contributed by atoms with van der Waals surface area (Å²) >= 11 is 0. The van der Waals surface area contributed by atoms with Crippen LogP contribution < -0.4 is 15.6 Å². The molecular formula is C30H34N8O4. The summed E-state index contributed by atoms with van der Waals surface area (Å²) in [5, 5.41) is 4.73. The number of ether oxygens (including phenoxy) is 2. The molecular weight excluding hydrogens is 536 g/mol. The minimum atomic E-state index is -0.532. The third-order valence-corrected chi connectivity index (χ3v) is 7.24. The molecule has 0 aliphatic carbocycles. The normalized spacial score (nSPS) is 14.5. The summed E-state index contributed by atoms with van der Waals surface area (Å²) in [4.78, 5) is 41.0. The van der Waals surface area contributed by atoms with E-state index in [2.05, 4.69) is 14.9 Å². The van der Waals surface area contributed by atoms with Gasteiger partial charge in [0.2, 0.25) is 11.8 Å². The zero-order valence-corrected chi connectivity index (χ0v) is 24.4. The van der Waals surface area contributed by atoms with Gasteiger partial charge in [-0.25, -0.2) is 19.1 Å². The van der Waals surface area contributed by atoms with Crippen LogP contribution in [0.5, 0.6) is 5.88 Å². The number of nitrogens with zero attached hydrogens (tertiary/aromatic N) is 7. The summed E-state index contributed by atoms with van der Waals surface area (Å²) in [6.07, 6.45) is 4.45. The van der Waals surface area contributed by atoms with Crippen molar-refractivity contribution in [1.82, 2.24) is 33.8 Å². The second-order valence-electron chi connectivity index (χ2n) is 11.5. The van der Waals surface area contributed by atoms with Crippen molar-refractivity contribution >= 4 is 39.7 Å². The largest absolute Gasteiger partial charge is 0.474 e. The first kappa shape index (κ1) is 27.3. The van der Waals surface area contributed by atoms with Gasteiger partial charge in [0, 0.05) is 75.1 Å². The van der Waals surface area contributed by atoms with E-state index < -0.39 is 5.60 Å². The van der Waals surface area contributed by atoms with Crippen molar-refractivity contribution in [2.24, 2.45) is 14.1 Å². The van der Waals surface area contributed by atoms with Gasteiger partial charge in [0.25, 0.3) is 5.56 Å². The number of likely N-dealkylation sites (tertiary alicyclic amines) is 1. The highest BCUT2D eigenvalue weighted by atomic mass is 16.6. The molecule has 0 spiro atoms. The van der Waals surface area contributed by atoms with Gasteiger partial charge < -0.3 is 24.3 Å². The minimum absolute atomic E-state index is 0.100. The number of rotatable bonds is 5. The zero-order chi connectivity index (χ0) is 29.6. The van der Waals surface area contributed by atoms with Crippen LogP contribution in [0.2, 0.25) is 0 Å². The molecule has 0 radical (unpaired) electrons. The average Bonchev–Trinajstić information content (AvgIpc) is 3.43. The van der Waals surface area contributed by atoms with E-state index >= 15 is 0 Å². The Hall–Kier alpha value is -4.87. The Kier molecular flexibility index (Phi) is 6.83. The van der Waals surface area contributed by atoms with Gasteiger partial charge in [-0.1, -0.05) is 6.07 Å². The molecule has 12 nitrogen and oxygen atoms in total. The number of carbonyl (C=O) groups excluding carboxylic acids is 1. The van der Waals surface area contributed by atoms with Crippen LogP contribution in [-0.4, -0.2) is 64.7 Å². The van der Waals surface area contributed by atoms with Gasteiger partial charge in [0.1, 0.15) is 17.1 Å². The molecule has 0 unspecified atom stereocenters. The standard InChI is InChI=1S/C30H34N8O4/c1-30(2,3)42-29(40)37-15-12-21(13-16-37)41-25-8-6-7-24(33-25)38-26-22(27(39)36(38)5)18-31-28(34-26)32-20-9-10-23-19(17-20)11-14-35(23)4/h6-11,14,17-18,21H,12-13,15-16H2,1-5H3,(H,31,32,34). The molecule has 1 amide bonds. The SMILES string of the molecule is Cn1ccc2cc(Nc3ncc4c(=O)n(C)n(-c5cccc(OC6CCN(C(=O)OC(C)(C)C)CC6)n5)c4n3)ccc21. The van der Waals surface area contributed by atoms with Crippen molar-refractivity contribution in [3.8, 4) is 11.7 Å². The molecule has 0 atom stereocenters. The van der Waals surface area contributed by atoms with Crippen LogP contribution in [-0.2, 0) is 18.8 Å². The molecule has 42 heavy (non-hydrogen) atoms. The molecule has 1 aliphatic heterocycles. The van der Waals surface area contributed by atoms with Crippen molar-refractivity contribution in [1.29, 1.82) is 0 Å². The summed E-state index contributed by atoms with van der Waals surface area (Å²) in [6.45, 7) is 6.66. The number of hydrogen-bond donors (Lipinski definition) is 1. The van der Waals surface area contributed by atoms with E-state index in [1.165, 1.54) is 10.9 Å². The first-order valence-corrected chi connectivity index (χ1v) is 13.9. The molecule has 1 aromatic carbocycles. The van der Waals surface area contributed by atoms with Crippen LogP contribution in [0.1, 0.15) is 33.6 Å². The number of aryl methyl sites for hydroxylation is 1. The van der Waals surface area contributed by atoms with E-state index in [9.17, 15) is 9.59 Å². The lowest BCUT2D eigenvalue weighted by Crippen LogP contribution is -2.44. The van der Waals surface area contributed by atoms with Crippen LogP contribution in [0.4, 0.5) is 16.4 Å². The van der Waals surface area contributed by atoms with Gasteiger partial charge in [-0.05, 0) is 51.1 Å². The lowest BCUT2D eigenvalue weighted by molar-refractivity contribution is 0.0123. The van der Waals surface area contributed by atoms with E-state index in [1.54, 1.807) is 28.8 Å².